The molecule has 0 saturated carbocycles. The van der Waals surface area contributed by atoms with E-state index < -0.39 is 0 Å². The maximum atomic E-state index is 5.80. The van der Waals surface area contributed by atoms with Gasteiger partial charge < -0.3 is 9.30 Å². The van der Waals surface area contributed by atoms with Crippen LogP contribution in [0.5, 0.6) is 0 Å². The largest absolute Gasteiger partial charge is 0.358 e. The highest BCUT2D eigenvalue weighted by molar-refractivity contribution is 9.11. The third-order valence-electron chi connectivity index (χ3n) is 3.09. The Bertz CT molecular complexity index is 580. The number of nitrogens with zero attached hydrogens (tertiary/aromatic N) is 1. The molecule has 0 fully saturated rings. The van der Waals surface area contributed by atoms with Gasteiger partial charge in [0, 0.05) is 20.5 Å². The Morgan fingerprint density at radius 1 is 1.21 bits per heavy atom. The van der Waals surface area contributed by atoms with Crippen LogP contribution in [0.4, 0.5) is 0 Å². The number of rotatable bonds is 5. The van der Waals surface area contributed by atoms with Crippen LogP contribution in [0, 0.1) is 6.92 Å². The van der Waals surface area contributed by atoms with E-state index in [4.69, 9.17) is 4.74 Å². The van der Waals surface area contributed by atoms with Crippen molar-refractivity contribution in [2.45, 2.75) is 32.8 Å². The average Bonchev–Trinajstić information content (AvgIpc) is 2.68. The molecule has 0 unspecified atom stereocenters. The zero-order valence-corrected chi connectivity index (χ0v) is 15.6. The molecular formula is C14H18Br2NOSi+. The average molecular weight is 404 g/mol. The lowest BCUT2D eigenvalue weighted by Crippen LogP contribution is -2.08. The summed E-state index contributed by atoms with van der Waals surface area (Å²) < 4.78 is 10.2. The summed E-state index contributed by atoms with van der Waals surface area (Å²) in [6.45, 7) is 8.24. The van der Waals surface area contributed by atoms with Gasteiger partial charge in [-0.15, -0.1) is 0 Å². The third-order valence-corrected chi connectivity index (χ3v) is 5.59. The molecule has 2 nitrogen and oxygen atoms in total. The molecule has 0 N–H and O–H groups in total. The summed E-state index contributed by atoms with van der Waals surface area (Å²) in [5.74, 6) is 0. The van der Waals surface area contributed by atoms with Gasteiger partial charge in [-0.2, -0.15) is 0 Å². The quantitative estimate of drug-likeness (QED) is 0.494. The second kappa shape index (κ2) is 6.57. The van der Waals surface area contributed by atoms with Crippen LogP contribution >= 0.6 is 31.9 Å². The number of fused-ring (bicyclic) bond motifs is 1. The van der Waals surface area contributed by atoms with Crippen molar-refractivity contribution in [2.24, 2.45) is 0 Å². The summed E-state index contributed by atoms with van der Waals surface area (Å²) in [4.78, 5) is 0. The SMILES string of the molecule is Cc1cn(COCC[Si+](C)C)c2c(Br)ccc(Br)c12. The Kier molecular flexibility index (Phi) is 5.28. The van der Waals surface area contributed by atoms with E-state index in [1.54, 1.807) is 0 Å². The molecule has 0 aliphatic carbocycles. The maximum absolute atomic E-state index is 5.80. The van der Waals surface area contributed by atoms with Crippen LogP contribution in [0.25, 0.3) is 10.9 Å². The van der Waals surface area contributed by atoms with Crippen molar-refractivity contribution in [1.29, 1.82) is 0 Å². The van der Waals surface area contributed by atoms with Crippen LogP contribution in [-0.2, 0) is 11.5 Å². The molecule has 2 aromatic rings. The van der Waals surface area contributed by atoms with Gasteiger partial charge in [0.1, 0.15) is 6.73 Å². The van der Waals surface area contributed by atoms with Gasteiger partial charge in [0.15, 0.2) is 0 Å². The molecule has 0 saturated heterocycles. The Morgan fingerprint density at radius 3 is 2.58 bits per heavy atom. The highest BCUT2D eigenvalue weighted by Gasteiger charge is 2.13. The Morgan fingerprint density at radius 2 is 1.89 bits per heavy atom. The summed E-state index contributed by atoms with van der Waals surface area (Å²) in [6, 6.07) is 5.35. The van der Waals surface area contributed by atoms with Gasteiger partial charge in [-0.05, 0) is 40.5 Å². The summed E-state index contributed by atoms with van der Waals surface area (Å²) in [6.07, 6.45) is 2.16. The maximum Gasteiger partial charge on any atom is 0.310 e. The molecule has 0 bridgehead atoms. The monoisotopic (exact) mass is 402 g/mol. The van der Waals surface area contributed by atoms with Gasteiger partial charge in [-0.25, -0.2) is 0 Å². The van der Waals surface area contributed by atoms with Gasteiger partial charge in [0.2, 0.25) is 0 Å². The van der Waals surface area contributed by atoms with E-state index in [1.165, 1.54) is 22.5 Å². The van der Waals surface area contributed by atoms with Gasteiger partial charge in [-0.1, -0.05) is 15.9 Å². The van der Waals surface area contributed by atoms with Crippen LogP contribution in [0.1, 0.15) is 5.56 Å². The van der Waals surface area contributed by atoms with Gasteiger partial charge in [-0.3, -0.25) is 0 Å². The lowest BCUT2D eigenvalue weighted by Gasteiger charge is -2.07. The summed E-state index contributed by atoms with van der Waals surface area (Å²) in [5, 5.41) is 1.26. The predicted molar refractivity (Wildman–Crippen MR) is 90.3 cm³/mol. The summed E-state index contributed by atoms with van der Waals surface area (Å²) >= 11 is 7.26. The third kappa shape index (κ3) is 3.51. The molecule has 0 atom stereocenters. The molecule has 0 amide bonds. The van der Waals surface area contributed by atoms with Crippen molar-refractivity contribution in [3.63, 3.8) is 0 Å². The van der Waals surface area contributed by atoms with Crippen molar-refractivity contribution in [1.82, 2.24) is 4.57 Å². The van der Waals surface area contributed by atoms with E-state index in [9.17, 15) is 0 Å². The fraction of sp³-hybridized carbons (Fsp3) is 0.429. The molecule has 5 heteroatoms. The number of ether oxygens (including phenoxy) is 1. The molecule has 1 aromatic carbocycles. The standard InChI is InChI=1S/C14H18Br2NOSi/c1-10-8-17(9-18-6-7-19(2)3)14-12(16)5-4-11(15)13(10)14/h4-5,8H,6-7,9H2,1-3H3/q+1. The minimum Gasteiger partial charge on any atom is -0.358 e. The van der Waals surface area contributed by atoms with Crippen LogP contribution in [0.3, 0.4) is 0 Å². The Balaban J connectivity index is 2.22. The zero-order valence-electron chi connectivity index (χ0n) is 11.5. The Hall–Kier alpha value is -0.103. The lowest BCUT2D eigenvalue weighted by atomic mass is 10.2. The van der Waals surface area contributed by atoms with E-state index >= 15 is 0 Å². The first-order chi connectivity index (χ1) is 9.00. The molecule has 0 spiro atoms. The minimum absolute atomic E-state index is 0.191. The van der Waals surface area contributed by atoms with Gasteiger partial charge in [0.05, 0.1) is 31.3 Å². The van der Waals surface area contributed by atoms with Crippen molar-refractivity contribution in [3.8, 4) is 0 Å². The van der Waals surface area contributed by atoms with E-state index in [0.29, 0.717) is 6.73 Å². The number of hydrogen-bond acceptors (Lipinski definition) is 1. The van der Waals surface area contributed by atoms with Crippen LogP contribution < -0.4 is 0 Å². The molecule has 0 radical (unpaired) electrons. The predicted octanol–water partition coefficient (Wildman–Crippen LogP) is 5.20. The smallest absolute Gasteiger partial charge is 0.310 e. The summed E-state index contributed by atoms with van der Waals surface area (Å²) in [5.41, 5.74) is 2.47. The number of aryl methyl sites for hydroxylation is 1. The van der Waals surface area contributed by atoms with Gasteiger partial charge in [0.25, 0.3) is 0 Å². The fourth-order valence-corrected chi connectivity index (χ4v) is 3.84. The molecule has 0 aliphatic heterocycles. The first-order valence-corrected chi connectivity index (χ1v) is 10.6. The second-order valence-electron chi connectivity index (χ2n) is 5.03. The molecule has 102 valence electrons. The van der Waals surface area contributed by atoms with E-state index in [2.05, 4.69) is 74.8 Å². The number of hydrogen-bond donors (Lipinski definition) is 0. The molecule has 1 aromatic heterocycles. The summed E-state index contributed by atoms with van der Waals surface area (Å²) in [7, 11) is -0.191. The Labute approximate surface area is 133 Å². The first-order valence-electron chi connectivity index (χ1n) is 6.31. The topological polar surface area (TPSA) is 14.2 Å². The van der Waals surface area contributed by atoms with Crippen LogP contribution in [0.2, 0.25) is 19.1 Å². The number of benzene rings is 1. The zero-order chi connectivity index (χ0) is 14.0. The van der Waals surface area contributed by atoms with Crippen molar-refractivity contribution >= 4 is 51.6 Å². The number of aromatic nitrogens is 1. The van der Waals surface area contributed by atoms with E-state index in [-0.39, 0.29) is 8.80 Å². The van der Waals surface area contributed by atoms with Crippen molar-refractivity contribution < 1.29 is 4.74 Å². The van der Waals surface area contributed by atoms with E-state index in [1.807, 2.05) is 0 Å². The second-order valence-corrected chi connectivity index (χ2v) is 9.65. The molecular weight excluding hydrogens is 386 g/mol. The van der Waals surface area contributed by atoms with Crippen molar-refractivity contribution in [2.75, 3.05) is 6.61 Å². The molecule has 0 aliphatic rings. The first kappa shape index (κ1) is 15.3. The normalized spacial score (nSPS) is 11.2. The molecule has 19 heavy (non-hydrogen) atoms. The minimum atomic E-state index is -0.191. The van der Waals surface area contributed by atoms with Gasteiger partial charge >= 0.3 is 8.80 Å². The molecule has 1 heterocycles. The fourth-order valence-electron chi connectivity index (χ4n) is 2.10. The highest BCUT2D eigenvalue weighted by Crippen LogP contribution is 2.33. The van der Waals surface area contributed by atoms with Crippen LogP contribution in [0.15, 0.2) is 27.3 Å². The molecule has 2 rings (SSSR count). The van der Waals surface area contributed by atoms with Crippen LogP contribution in [-0.4, -0.2) is 20.0 Å². The van der Waals surface area contributed by atoms with Crippen molar-refractivity contribution in [3.05, 3.63) is 32.8 Å². The van der Waals surface area contributed by atoms with E-state index in [0.717, 1.165) is 15.6 Å². The highest BCUT2D eigenvalue weighted by atomic mass is 79.9. The number of halogens is 2. The lowest BCUT2D eigenvalue weighted by molar-refractivity contribution is 0.0905.